The van der Waals surface area contributed by atoms with Crippen molar-refractivity contribution in [2.75, 3.05) is 44.2 Å². The second-order valence-electron chi connectivity index (χ2n) is 20.4. The fourth-order valence-electron chi connectivity index (χ4n) is 11.6. The van der Waals surface area contributed by atoms with Crippen LogP contribution in [0.2, 0.25) is 0 Å². The number of benzene rings is 3. The van der Waals surface area contributed by atoms with Crippen molar-refractivity contribution in [3.8, 4) is 35.2 Å². The first-order valence-corrected chi connectivity index (χ1v) is 30.2. The van der Waals surface area contributed by atoms with Gasteiger partial charge in [0.15, 0.2) is 0 Å². The molecule has 0 aromatic heterocycles. The van der Waals surface area contributed by atoms with Gasteiger partial charge in [0.1, 0.15) is 29.5 Å². The third-order valence-corrected chi connectivity index (χ3v) is 17.4. The first-order chi connectivity index (χ1) is 34.5. The lowest BCUT2D eigenvalue weighted by atomic mass is 9.82. The number of unbranched alkanes of at least 4 members (excludes halogenated alkanes) is 16. The molecule has 0 spiro atoms. The standard InChI is InChI=1S/C58H76N4O7S2/c1-2-3-4-5-6-7-8-9-10-11-12-13-14-15-16-17-18-19-20-21-22-23-32-53(63)59-35-36-60-70(64,65)46-33-34-47(52(43-46)71(66,67)68)54-50-41-44-28-24-37-61-39-26-30-48(55(44)61)57(50)69-58-49-31-27-40-62-38-25-29-45(56(49)62)42-51(54)58/h33-34,41-43,60H,2-12,17-32,35-40H2,1H3,(H-,59,63,66,67,68)/p+1. The van der Waals surface area contributed by atoms with E-state index in [1.165, 1.54) is 98.5 Å². The molecule has 382 valence electrons. The average Bonchev–Trinajstić information content (AvgIpc) is 3.36. The van der Waals surface area contributed by atoms with Gasteiger partial charge in [-0.15, -0.1) is 0 Å². The summed E-state index contributed by atoms with van der Waals surface area (Å²) in [4.78, 5) is 14.3. The van der Waals surface area contributed by atoms with E-state index in [0.717, 1.165) is 168 Å². The van der Waals surface area contributed by atoms with E-state index in [9.17, 15) is 26.2 Å². The number of rotatable bonds is 25. The van der Waals surface area contributed by atoms with Crippen LogP contribution in [0.15, 0.2) is 40.1 Å². The minimum atomic E-state index is -4.94. The van der Waals surface area contributed by atoms with E-state index in [4.69, 9.17) is 4.74 Å². The average molecular weight is 1010 g/mol. The molecule has 5 heterocycles. The molecular formula is C58H77N4O7S2+. The summed E-state index contributed by atoms with van der Waals surface area (Å²) in [5.41, 5.74) is 7.52. The highest BCUT2D eigenvalue weighted by Gasteiger charge is 2.37. The number of hydrogen-bond donors (Lipinski definition) is 3. The molecule has 3 aromatic carbocycles. The van der Waals surface area contributed by atoms with Crippen molar-refractivity contribution in [3.63, 3.8) is 0 Å². The Morgan fingerprint density at radius 3 is 2.00 bits per heavy atom. The first-order valence-electron chi connectivity index (χ1n) is 27.3. The summed E-state index contributed by atoms with van der Waals surface area (Å²) in [6.45, 7) is 6.18. The molecule has 0 saturated heterocycles. The Bertz CT molecular complexity index is 2900. The van der Waals surface area contributed by atoms with Crippen molar-refractivity contribution in [3.05, 3.63) is 74.3 Å². The molecule has 3 aromatic rings. The second-order valence-corrected chi connectivity index (χ2v) is 23.5. The molecule has 11 nitrogen and oxygen atoms in total. The van der Waals surface area contributed by atoms with E-state index in [0.29, 0.717) is 12.0 Å². The zero-order valence-electron chi connectivity index (χ0n) is 42.3. The zero-order valence-corrected chi connectivity index (χ0v) is 44.0. The van der Waals surface area contributed by atoms with Crippen LogP contribution >= 0.6 is 0 Å². The highest BCUT2D eigenvalue weighted by atomic mass is 32.2. The summed E-state index contributed by atoms with van der Waals surface area (Å²) < 4.78 is 77.4. The highest BCUT2D eigenvalue weighted by Crippen LogP contribution is 2.49. The Morgan fingerprint density at radius 2 is 1.31 bits per heavy atom. The Labute approximate surface area is 424 Å². The second kappa shape index (κ2) is 25.3. The molecule has 0 saturated carbocycles. The van der Waals surface area contributed by atoms with E-state index in [-0.39, 0.29) is 29.5 Å². The highest BCUT2D eigenvalue weighted by molar-refractivity contribution is 7.89. The third kappa shape index (κ3) is 13.3. The number of aryl methyl sites for hydroxylation is 2. The number of carbonyl (C=O) groups excluding carboxylic acids is 1. The fourth-order valence-corrected chi connectivity index (χ4v) is 13.4. The van der Waals surface area contributed by atoms with Crippen LogP contribution in [0, 0.1) is 23.7 Å². The van der Waals surface area contributed by atoms with Crippen LogP contribution in [0.4, 0.5) is 5.69 Å². The first kappa shape index (κ1) is 52.7. The number of sulfonamides is 1. The van der Waals surface area contributed by atoms with Gasteiger partial charge in [-0.05, 0) is 99.5 Å². The van der Waals surface area contributed by atoms with Crippen LogP contribution < -0.4 is 34.8 Å². The maximum Gasteiger partial charge on any atom is 0.295 e. The zero-order chi connectivity index (χ0) is 49.6. The Morgan fingerprint density at radius 1 is 0.690 bits per heavy atom. The monoisotopic (exact) mass is 1010 g/mol. The molecule has 0 fully saturated rings. The summed E-state index contributed by atoms with van der Waals surface area (Å²) in [6, 6.07) is 8.28. The van der Waals surface area contributed by atoms with Crippen molar-refractivity contribution >= 4 is 37.3 Å². The van der Waals surface area contributed by atoms with Crippen LogP contribution in [-0.2, 0) is 50.6 Å². The fraction of sp³-hybridized carbons (Fsp3) is 0.586. The van der Waals surface area contributed by atoms with E-state index in [2.05, 4.69) is 62.3 Å². The van der Waals surface area contributed by atoms with Crippen molar-refractivity contribution in [2.24, 2.45) is 0 Å². The number of anilines is 1. The van der Waals surface area contributed by atoms with E-state index in [1.54, 1.807) is 0 Å². The number of fused-ring (bicyclic) bond motifs is 4. The van der Waals surface area contributed by atoms with Gasteiger partial charge in [0.2, 0.25) is 21.3 Å². The predicted octanol–water partition coefficient (Wildman–Crippen LogP) is 9.20. The molecule has 8 rings (SSSR count). The van der Waals surface area contributed by atoms with Crippen molar-refractivity contribution in [1.29, 1.82) is 0 Å². The molecule has 13 heteroatoms. The van der Waals surface area contributed by atoms with E-state index in [1.807, 2.05) is 0 Å². The summed E-state index contributed by atoms with van der Waals surface area (Å²) in [6.07, 6.45) is 28.9. The molecule has 0 atom stereocenters. The van der Waals surface area contributed by atoms with Crippen LogP contribution in [0.1, 0.15) is 188 Å². The quantitative estimate of drug-likeness (QED) is 0.0258. The SMILES string of the molecule is CCCCCCCCCCCCC#CC#CCCCCCCCCC(=O)NCCNS(=O)(=O)c1ccc(C2=c3cc4c5c(c3Oc3c2cc2c6c3CCCN6CCC2)CCC[N+]=5CCC4)c(S(=O)(=O)O)c1. The van der Waals surface area contributed by atoms with Crippen LogP contribution in [0.25, 0.3) is 5.57 Å². The topological polar surface area (TPSA) is 145 Å². The Balaban J connectivity index is 0.831. The lowest BCUT2D eigenvalue weighted by Gasteiger charge is -2.39. The summed E-state index contributed by atoms with van der Waals surface area (Å²) in [7, 11) is -9.17. The van der Waals surface area contributed by atoms with Crippen LogP contribution in [-0.4, -0.2) is 66.6 Å². The van der Waals surface area contributed by atoms with Gasteiger partial charge in [-0.25, -0.2) is 17.7 Å². The molecule has 0 unspecified atom stereocenters. The molecule has 0 radical (unpaired) electrons. The van der Waals surface area contributed by atoms with Gasteiger partial charge in [0.05, 0.1) is 10.5 Å². The predicted molar refractivity (Wildman–Crippen MR) is 284 cm³/mol. The number of amides is 1. The Hall–Kier alpha value is -4.66. The van der Waals surface area contributed by atoms with Gasteiger partial charge in [-0.1, -0.05) is 108 Å². The van der Waals surface area contributed by atoms with Gasteiger partial charge in [0, 0.05) is 97.0 Å². The molecule has 1 amide bonds. The Kier molecular flexibility index (Phi) is 18.8. The number of nitrogens with zero attached hydrogens (tertiary/aromatic N) is 2. The largest absolute Gasteiger partial charge is 0.455 e. The minimum absolute atomic E-state index is 0.0751. The normalized spacial score (nSPS) is 15.5. The molecule has 5 aliphatic rings. The van der Waals surface area contributed by atoms with E-state index < -0.39 is 25.0 Å². The summed E-state index contributed by atoms with van der Waals surface area (Å²) in [5.74, 6) is 13.7. The van der Waals surface area contributed by atoms with E-state index >= 15 is 0 Å². The molecule has 5 aliphatic heterocycles. The smallest absolute Gasteiger partial charge is 0.295 e. The molecular weight excluding hydrogens is 929 g/mol. The van der Waals surface area contributed by atoms with Gasteiger partial charge in [-0.3, -0.25) is 9.35 Å². The molecule has 0 aliphatic carbocycles. The maximum atomic E-state index is 13.7. The van der Waals surface area contributed by atoms with Crippen molar-refractivity contribution in [1.82, 2.24) is 14.6 Å². The van der Waals surface area contributed by atoms with Gasteiger partial charge < -0.3 is 15.0 Å². The number of hydrogen-bond acceptors (Lipinski definition) is 7. The van der Waals surface area contributed by atoms with Gasteiger partial charge in [-0.2, -0.15) is 8.42 Å². The van der Waals surface area contributed by atoms with Crippen molar-refractivity contribution in [2.45, 2.75) is 190 Å². The maximum absolute atomic E-state index is 13.7. The number of carbonyl (C=O) groups is 1. The lowest BCUT2D eigenvalue weighted by Crippen LogP contribution is -2.45. The summed E-state index contributed by atoms with van der Waals surface area (Å²) >= 11 is 0. The molecule has 0 bridgehead atoms. The van der Waals surface area contributed by atoms with Crippen molar-refractivity contribution < 1.29 is 30.9 Å². The van der Waals surface area contributed by atoms with Gasteiger partial charge >= 0.3 is 0 Å². The lowest BCUT2D eigenvalue weighted by molar-refractivity contribution is -0.121. The number of ether oxygens (including phenoxy) is 1. The van der Waals surface area contributed by atoms with Gasteiger partial charge in [0.25, 0.3) is 10.1 Å². The number of nitrogens with one attached hydrogen (secondary N) is 2. The molecule has 3 N–H and O–H groups in total. The summed E-state index contributed by atoms with van der Waals surface area (Å²) in [5, 5.41) is 4.80. The van der Waals surface area contributed by atoms with Crippen LogP contribution in [0.5, 0.6) is 11.5 Å². The molecule has 71 heavy (non-hydrogen) atoms. The van der Waals surface area contributed by atoms with Crippen LogP contribution in [0.3, 0.4) is 0 Å². The third-order valence-electron chi connectivity index (χ3n) is 15.1. The minimum Gasteiger partial charge on any atom is -0.455 e.